The zero-order valence-electron chi connectivity index (χ0n) is 17.2. The van der Waals surface area contributed by atoms with Crippen molar-refractivity contribution in [3.8, 4) is 5.69 Å². The summed E-state index contributed by atoms with van der Waals surface area (Å²) in [5.74, 6) is 0.0127. The van der Waals surface area contributed by atoms with Gasteiger partial charge in [-0.1, -0.05) is 11.3 Å². The molecule has 1 aliphatic rings. The normalized spacial score (nSPS) is 14.0. The first-order valence-electron chi connectivity index (χ1n) is 10.1. The summed E-state index contributed by atoms with van der Waals surface area (Å²) in [6.07, 6.45) is 1.41. The van der Waals surface area contributed by atoms with Crippen molar-refractivity contribution < 1.29 is 14.1 Å². The molecule has 0 bridgehead atoms. The van der Waals surface area contributed by atoms with Crippen LogP contribution in [0.15, 0.2) is 54.9 Å². The Morgan fingerprint density at radius 3 is 2.48 bits per heavy atom. The van der Waals surface area contributed by atoms with Gasteiger partial charge in [0.2, 0.25) is 0 Å². The monoisotopic (exact) mass is 448 g/mol. The van der Waals surface area contributed by atoms with Crippen LogP contribution in [0.3, 0.4) is 0 Å². The van der Waals surface area contributed by atoms with Crippen LogP contribution in [0.1, 0.15) is 10.4 Å². The highest BCUT2D eigenvalue weighted by atomic mass is 19.1. The summed E-state index contributed by atoms with van der Waals surface area (Å²) in [5.41, 5.74) is 1.78. The van der Waals surface area contributed by atoms with E-state index in [0.29, 0.717) is 54.4 Å². The third kappa shape index (κ3) is 3.82. The number of fused-ring (bicyclic) bond motifs is 1. The fourth-order valence-electron chi connectivity index (χ4n) is 3.78. The minimum absolute atomic E-state index is 0.0598. The number of nitrogens with zero attached hydrogens (tertiary/aromatic N) is 8. The Labute approximate surface area is 186 Å². The quantitative estimate of drug-likeness (QED) is 0.344. The molecule has 0 saturated carbocycles. The number of piperazine rings is 1. The maximum absolute atomic E-state index is 13.6. The zero-order chi connectivity index (χ0) is 22.9. The summed E-state index contributed by atoms with van der Waals surface area (Å²) in [5, 5.41) is 19.1. The number of nitro groups is 1. The predicted octanol–water partition coefficient (Wildman–Crippen LogP) is 2.22. The van der Waals surface area contributed by atoms with Gasteiger partial charge < -0.3 is 9.80 Å². The lowest BCUT2D eigenvalue weighted by Crippen LogP contribution is -2.49. The Morgan fingerprint density at radius 1 is 1.03 bits per heavy atom. The molecule has 11 nitrogen and oxygen atoms in total. The Hall–Kier alpha value is -4.48. The Kier molecular flexibility index (Phi) is 5.09. The van der Waals surface area contributed by atoms with Gasteiger partial charge in [0.25, 0.3) is 11.6 Å². The number of nitro benzene ring substituents is 1. The van der Waals surface area contributed by atoms with E-state index < -0.39 is 4.92 Å². The van der Waals surface area contributed by atoms with Gasteiger partial charge in [0.15, 0.2) is 17.0 Å². The molecular weight excluding hydrogens is 431 g/mol. The van der Waals surface area contributed by atoms with Crippen LogP contribution in [0.5, 0.6) is 0 Å². The number of non-ortho nitro benzene ring substituents is 1. The molecule has 2 aromatic heterocycles. The lowest BCUT2D eigenvalue weighted by molar-refractivity contribution is -0.384. The Bertz CT molecular complexity index is 1350. The van der Waals surface area contributed by atoms with E-state index >= 15 is 0 Å². The summed E-state index contributed by atoms with van der Waals surface area (Å²) in [7, 11) is 0. The molecular formula is C21H17FN8O3. The first kappa shape index (κ1) is 20.4. The molecule has 2 aromatic carbocycles. The number of hydrogen-bond acceptors (Lipinski definition) is 8. The minimum atomic E-state index is -0.500. The van der Waals surface area contributed by atoms with Crippen molar-refractivity contribution in [1.82, 2.24) is 29.9 Å². The molecule has 0 N–H and O–H groups in total. The third-order valence-corrected chi connectivity index (χ3v) is 5.46. The van der Waals surface area contributed by atoms with Crippen molar-refractivity contribution in [2.24, 2.45) is 0 Å². The molecule has 0 spiro atoms. The summed E-state index contributed by atoms with van der Waals surface area (Å²) in [6, 6.07) is 11.6. The van der Waals surface area contributed by atoms with Crippen LogP contribution in [0.4, 0.5) is 15.9 Å². The summed E-state index contributed by atoms with van der Waals surface area (Å²) in [4.78, 5) is 35.4. The van der Waals surface area contributed by atoms with Gasteiger partial charge in [0.1, 0.15) is 12.1 Å². The summed E-state index contributed by atoms with van der Waals surface area (Å²) in [6.45, 7) is 1.91. The predicted molar refractivity (Wildman–Crippen MR) is 116 cm³/mol. The van der Waals surface area contributed by atoms with Gasteiger partial charge in [0, 0.05) is 43.9 Å². The van der Waals surface area contributed by atoms with Crippen molar-refractivity contribution in [2.75, 3.05) is 31.1 Å². The topological polar surface area (TPSA) is 123 Å². The number of benzene rings is 2. The largest absolute Gasteiger partial charge is 0.351 e. The van der Waals surface area contributed by atoms with E-state index in [1.165, 1.54) is 47.4 Å². The van der Waals surface area contributed by atoms with Crippen molar-refractivity contribution >= 4 is 28.6 Å². The second-order valence-electron chi connectivity index (χ2n) is 7.43. The van der Waals surface area contributed by atoms with Gasteiger partial charge >= 0.3 is 0 Å². The van der Waals surface area contributed by atoms with Gasteiger partial charge in [-0.15, -0.1) is 5.10 Å². The maximum Gasteiger partial charge on any atom is 0.269 e. The van der Waals surface area contributed by atoms with Crippen LogP contribution in [0, 0.1) is 15.9 Å². The first-order chi connectivity index (χ1) is 16.0. The van der Waals surface area contributed by atoms with Crippen LogP contribution >= 0.6 is 0 Å². The zero-order valence-corrected chi connectivity index (χ0v) is 17.2. The number of carbonyl (C=O) groups excluding carboxylic acids is 1. The number of halogens is 1. The van der Waals surface area contributed by atoms with Crippen LogP contribution in [-0.4, -0.2) is 66.9 Å². The smallest absolute Gasteiger partial charge is 0.269 e. The second-order valence-corrected chi connectivity index (χ2v) is 7.43. The molecule has 3 heterocycles. The van der Waals surface area contributed by atoms with Crippen LogP contribution in [0.25, 0.3) is 16.9 Å². The van der Waals surface area contributed by atoms with Crippen LogP contribution < -0.4 is 4.90 Å². The second kappa shape index (κ2) is 8.22. The number of rotatable bonds is 4. The number of anilines is 1. The third-order valence-electron chi connectivity index (χ3n) is 5.46. The van der Waals surface area contributed by atoms with Gasteiger partial charge in [0.05, 0.1) is 10.6 Å². The number of carbonyl (C=O) groups is 1. The summed E-state index contributed by atoms with van der Waals surface area (Å²) < 4.78 is 15.1. The van der Waals surface area contributed by atoms with Gasteiger partial charge in [-0.25, -0.2) is 14.4 Å². The fourth-order valence-corrected chi connectivity index (χ4v) is 3.78. The van der Waals surface area contributed by atoms with Gasteiger partial charge in [-0.2, -0.15) is 4.68 Å². The van der Waals surface area contributed by atoms with Gasteiger partial charge in [-0.3, -0.25) is 14.9 Å². The molecule has 0 radical (unpaired) electrons. The van der Waals surface area contributed by atoms with Crippen LogP contribution in [-0.2, 0) is 0 Å². The van der Waals surface area contributed by atoms with Crippen molar-refractivity contribution in [3.05, 3.63) is 76.4 Å². The van der Waals surface area contributed by atoms with Gasteiger partial charge in [-0.05, 0) is 30.3 Å². The minimum Gasteiger partial charge on any atom is -0.351 e. The van der Waals surface area contributed by atoms with E-state index in [9.17, 15) is 19.3 Å². The number of amides is 1. The lowest BCUT2D eigenvalue weighted by Gasteiger charge is -2.35. The molecule has 1 amide bonds. The van der Waals surface area contributed by atoms with Crippen molar-refractivity contribution in [2.45, 2.75) is 0 Å². The summed E-state index contributed by atoms with van der Waals surface area (Å²) >= 11 is 0. The maximum atomic E-state index is 13.6. The molecule has 33 heavy (non-hydrogen) atoms. The molecule has 12 heteroatoms. The first-order valence-corrected chi connectivity index (χ1v) is 10.1. The van der Waals surface area contributed by atoms with E-state index in [2.05, 4.69) is 20.3 Å². The molecule has 1 saturated heterocycles. The van der Waals surface area contributed by atoms with E-state index in [1.54, 1.807) is 17.0 Å². The highest BCUT2D eigenvalue weighted by Crippen LogP contribution is 2.24. The van der Waals surface area contributed by atoms with E-state index in [-0.39, 0.29) is 17.4 Å². The molecule has 0 aliphatic carbocycles. The average Bonchev–Trinajstić information content (AvgIpc) is 3.28. The molecule has 4 aromatic rings. The number of aromatic nitrogens is 5. The highest BCUT2D eigenvalue weighted by molar-refractivity contribution is 5.94. The number of hydrogen-bond donors (Lipinski definition) is 0. The Balaban J connectivity index is 1.33. The molecule has 0 atom stereocenters. The molecule has 5 rings (SSSR count). The van der Waals surface area contributed by atoms with E-state index in [1.807, 2.05) is 4.90 Å². The lowest BCUT2D eigenvalue weighted by atomic mass is 10.1. The van der Waals surface area contributed by atoms with Crippen LogP contribution in [0.2, 0.25) is 0 Å². The van der Waals surface area contributed by atoms with Crippen molar-refractivity contribution in [1.29, 1.82) is 0 Å². The molecule has 166 valence electrons. The average molecular weight is 448 g/mol. The van der Waals surface area contributed by atoms with Crippen molar-refractivity contribution in [3.63, 3.8) is 0 Å². The standard InChI is InChI=1S/C21H17FN8O3/c22-15-2-1-3-17(12-15)29-20-18(25-26-29)19(23-13-24-20)27-8-10-28(11-9-27)21(31)14-4-6-16(7-5-14)30(32)33/h1-7,12-13H,8-11H2. The van der Waals surface area contributed by atoms with E-state index in [0.717, 1.165) is 0 Å². The fraction of sp³-hybridized carbons (Fsp3) is 0.190. The van der Waals surface area contributed by atoms with E-state index in [4.69, 9.17) is 0 Å². The molecule has 1 aliphatic heterocycles. The molecule has 0 unspecified atom stereocenters. The SMILES string of the molecule is O=C(c1ccc([N+](=O)[O-])cc1)N1CCN(c2ncnc3c2nnn3-c2cccc(F)c2)CC1. The highest BCUT2D eigenvalue weighted by Gasteiger charge is 2.26. The Morgan fingerprint density at radius 2 is 1.79 bits per heavy atom. The molecule has 1 fully saturated rings.